The van der Waals surface area contributed by atoms with Crippen molar-refractivity contribution in [3.8, 4) is 5.75 Å². The van der Waals surface area contributed by atoms with Crippen LogP contribution in [0.5, 0.6) is 5.75 Å². The predicted molar refractivity (Wildman–Crippen MR) is 63.1 cm³/mol. The van der Waals surface area contributed by atoms with Crippen molar-refractivity contribution in [3.05, 3.63) is 29.8 Å². The minimum absolute atomic E-state index is 0.623. The van der Waals surface area contributed by atoms with Gasteiger partial charge in [0.2, 0.25) is 0 Å². The van der Waals surface area contributed by atoms with Gasteiger partial charge >= 0.3 is 0 Å². The van der Waals surface area contributed by atoms with Crippen molar-refractivity contribution in [1.82, 2.24) is 5.32 Å². The minimum Gasteiger partial charge on any atom is -0.486 e. The number of piperidine rings is 1. The largest absolute Gasteiger partial charge is 0.486 e. The molecule has 4 heteroatoms. The Hall–Kier alpha value is -1.16. The van der Waals surface area contributed by atoms with Gasteiger partial charge in [0.15, 0.2) is 0 Å². The average molecular weight is 251 g/mol. The fraction of sp³-hybridized carbons (Fsp3) is 0.571. The number of ether oxygens (including phenoxy) is 1. The maximum atomic E-state index is 14.1. The van der Waals surface area contributed by atoms with E-state index in [4.69, 9.17) is 4.74 Å². The van der Waals surface area contributed by atoms with Gasteiger partial charge in [-0.05, 0) is 19.2 Å². The Balaban J connectivity index is 1.82. The van der Waals surface area contributed by atoms with Crippen molar-refractivity contribution in [2.75, 3.05) is 13.1 Å². The van der Waals surface area contributed by atoms with Gasteiger partial charge in [0.1, 0.15) is 11.4 Å². The SMILES string of the molecule is FC1(F)C2c3ccccc3OC3(CCNCC3)C21. The number of benzene rings is 1. The van der Waals surface area contributed by atoms with Crippen LogP contribution in [0.4, 0.5) is 8.78 Å². The van der Waals surface area contributed by atoms with Gasteiger partial charge in [0, 0.05) is 18.4 Å². The van der Waals surface area contributed by atoms with E-state index in [1.807, 2.05) is 18.2 Å². The predicted octanol–water partition coefficient (Wildman–Crippen LogP) is 2.55. The van der Waals surface area contributed by atoms with Crippen molar-refractivity contribution in [1.29, 1.82) is 0 Å². The molecular weight excluding hydrogens is 236 g/mol. The van der Waals surface area contributed by atoms with E-state index in [1.165, 1.54) is 0 Å². The summed E-state index contributed by atoms with van der Waals surface area (Å²) in [7, 11) is 0. The first kappa shape index (κ1) is 10.7. The lowest BCUT2D eigenvalue weighted by Crippen LogP contribution is -2.50. The number of hydrogen-bond donors (Lipinski definition) is 1. The quantitative estimate of drug-likeness (QED) is 0.765. The first-order valence-electron chi connectivity index (χ1n) is 6.52. The summed E-state index contributed by atoms with van der Waals surface area (Å²) in [6.07, 6.45) is 1.36. The Morgan fingerprint density at radius 3 is 2.67 bits per heavy atom. The Morgan fingerprint density at radius 2 is 1.89 bits per heavy atom. The second-order valence-corrected chi connectivity index (χ2v) is 5.58. The number of para-hydroxylation sites is 1. The zero-order valence-electron chi connectivity index (χ0n) is 9.96. The molecule has 1 aliphatic carbocycles. The van der Waals surface area contributed by atoms with Crippen LogP contribution in [0.2, 0.25) is 0 Å². The standard InChI is InChI=1S/C14H15F2NO/c15-14(16)11-9-3-1-2-4-10(9)18-13(12(11)14)5-7-17-8-6-13/h1-4,11-12,17H,5-8H2. The maximum Gasteiger partial charge on any atom is 0.263 e. The van der Waals surface area contributed by atoms with E-state index in [1.54, 1.807) is 6.07 Å². The summed E-state index contributed by atoms with van der Waals surface area (Å²) in [6, 6.07) is 7.27. The molecule has 0 bridgehead atoms. The minimum atomic E-state index is -2.59. The average Bonchev–Trinajstić information content (AvgIpc) is 2.96. The fourth-order valence-electron chi connectivity index (χ4n) is 3.74. The highest BCUT2D eigenvalue weighted by molar-refractivity contribution is 5.48. The van der Waals surface area contributed by atoms with Gasteiger partial charge in [-0.2, -0.15) is 0 Å². The van der Waals surface area contributed by atoms with E-state index in [0.717, 1.165) is 13.1 Å². The molecule has 2 nitrogen and oxygen atoms in total. The highest BCUT2D eigenvalue weighted by Crippen LogP contribution is 2.71. The monoisotopic (exact) mass is 251 g/mol. The van der Waals surface area contributed by atoms with E-state index >= 15 is 0 Å². The van der Waals surface area contributed by atoms with Gasteiger partial charge in [-0.1, -0.05) is 18.2 Å². The van der Waals surface area contributed by atoms with E-state index in [2.05, 4.69) is 5.32 Å². The highest BCUT2D eigenvalue weighted by Gasteiger charge is 2.78. The third-order valence-corrected chi connectivity index (χ3v) is 4.64. The van der Waals surface area contributed by atoms with Crippen molar-refractivity contribution in [2.45, 2.75) is 30.3 Å². The zero-order valence-corrected chi connectivity index (χ0v) is 9.96. The number of nitrogens with one attached hydrogen (secondary N) is 1. The smallest absolute Gasteiger partial charge is 0.263 e. The number of rotatable bonds is 0. The van der Waals surface area contributed by atoms with Crippen LogP contribution in [0.25, 0.3) is 0 Å². The molecule has 1 N–H and O–H groups in total. The number of alkyl halides is 2. The molecule has 1 aromatic carbocycles. The summed E-state index contributed by atoms with van der Waals surface area (Å²) in [5.74, 6) is -3.18. The van der Waals surface area contributed by atoms with E-state index < -0.39 is 23.4 Å². The summed E-state index contributed by atoms with van der Waals surface area (Å²) in [4.78, 5) is 0. The highest BCUT2D eigenvalue weighted by atomic mass is 19.3. The Kier molecular flexibility index (Phi) is 1.93. The normalized spacial score (nSPS) is 34.3. The third-order valence-electron chi connectivity index (χ3n) is 4.64. The van der Waals surface area contributed by atoms with Crippen LogP contribution in [-0.4, -0.2) is 24.6 Å². The van der Waals surface area contributed by atoms with Crippen LogP contribution in [-0.2, 0) is 0 Å². The molecule has 2 atom stereocenters. The maximum absolute atomic E-state index is 14.1. The molecule has 1 aromatic rings. The number of hydrogen-bond acceptors (Lipinski definition) is 2. The lowest BCUT2D eigenvalue weighted by molar-refractivity contribution is -0.0301. The van der Waals surface area contributed by atoms with E-state index in [9.17, 15) is 8.78 Å². The Bertz CT molecular complexity index is 496. The van der Waals surface area contributed by atoms with Crippen molar-refractivity contribution in [2.24, 2.45) is 5.92 Å². The van der Waals surface area contributed by atoms with Gasteiger partial charge in [-0.15, -0.1) is 0 Å². The first-order valence-corrected chi connectivity index (χ1v) is 6.52. The molecule has 96 valence electrons. The van der Waals surface area contributed by atoms with Gasteiger partial charge < -0.3 is 10.1 Å². The number of halogens is 2. The number of fused-ring (bicyclic) bond motifs is 4. The molecule has 1 spiro atoms. The van der Waals surface area contributed by atoms with E-state index in [0.29, 0.717) is 24.2 Å². The third kappa shape index (κ3) is 1.19. The van der Waals surface area contributed by atoms with Crippen LogP contribution >= 0.6 is 0 Å². The second-order valence-electron chi connectivity index (χ2n) is 5.58. The second kappa shape index (κ2) is 3.23. The summed E-state index contributed by atoms with van der Waals surface area (Å²) in [5.41, 5.74) is 0.0463. The summed E-state index contributed by atoms with van der Waals surface area (Å²) in [6.45, 7) is 1.53. The van der Waals surface area contributed by atoms with Gasteiger partial charge in [0.05, 0.1) is 11.8 Å². The molecule has 2 heterocycles. The summed E-state index contributed by atoms with van der Waals surface area (Å²) < 4.78 is 34.2. The lowest BCUT2D eigenvalue weighted by atomic mass is 9.83. The van der Waals surface area contributed by atoms with Crippen LogP contribution in [0, 0.1) is 5.92 Å². The van der Waals surface area contributed by atoms with Gasteiger partial charge in [-0.25, -0.2) is 8.78 Å². The van der Waals surface area contributed by atoms with Crippen molar-refractivity contribution in [3.63, 3.8) is 0 Å². The Morgan fingerprint density at radius 1 is 1.17 bits per heavy atom. The Labute approximate surface area is 104 Å². The molecular formula is C14H15F2NO. The summed E-state index contributed by atoms with van der Waals surface area (Å²) >= 11 is 0. The van der Waals surface area contributed by atoms with Crippen molar-refractivity contribution < 1.29 is 13.5 Å². The molecule has 1 saturated carbocycles. The van der Waals surface area contributed by atoms with Crippen LogP contribution in [0.1, 0.15) is 24.3 Å². The molecule has 2 fully saturated rings. The molecule has 2 unspecified atom stereocenters. The van der Waals surface area contributed by atoms with Crippen LogP contribution in [0.3, 0.4) is 0 Å². The molecule has 4 rings (SSSR count). The molecule has 2 aliphatic heterocycles. The molecule has 0 amide bonds. The van der Waals surface area contributed by atoms with Gasteiger partial charge in [-0.3, -0.25) is 0 Å². The fourth-order valence-corrected chi connectivity index (χ4v) is 3.74. The van der Waals surface area contributed by atoms with E-state index in [-0.39, 0.29) is 0 Å². The molecule has 3 aliphatic rings. The van der Waals surface area contributed by atoms with Crippen molar-refractivity contribution >= 4 is 0 Å². The first-order chi connectivity index (χ1) is 8.65. The molecule has 1 saturated heterocycles. The molecule has 0 aromatic heterocycles. The molecule has 18 heavy (non-hydrogen) atoms. The summed E-state index contributed by atoms with van der Waals surface area (Å²) in [5, 5.41) is 3.22. The van der Waals surface area contributed by atoms with Crippen LogP contribution in [0.15, 0.2) is 24.3 Å². The lowest BCUT2D eigenvalue weighted by Gasteiger charge is -2.41. The zero-order chi connectivity index (χ0) is 12.4. The van der Waals surface area contributed by atoms with Crippen LogP contribution < -0.4 is 10.1 Å². The van der Waals surface area contributed by atoms with Gasteiger partial charge in [0.25, 0.3) is 5.92 Å². The topological polar surface area (TPSA) is 21.3 Å². The molecule has 0 radical (unpaired) electrons.